The van der Waals surface area contributed by atoms with Gasteiger partial charge in [-0.15, -0.1) is 0 Å². The number of carbonyl (C=O) groups is 2. The topological polar surface area (TPSA) is 111 Å². The Kier molecular flexibility index (Phi) is 5.46. The van der Waals surface area contributed by atoms with Gasteiger partial charge >= 0.3 is 0 Å². The predicted octanol–water partition coefficient (Wildman–Crippen LogP) is 1.32. The minimum absolute atomic E-state index is 0.0632. The van der Waals surface area contributed by atoms with Gasteiger partial charge in [0.25, 0.3) is 11.7 Å². The molecule has 118 valence electrons. The predicted molar refractivity (Wildman–Crippen MR) is 90.2 cm³/mol. The van der Waals surface area contributed by atoms with Crippen molar-refractivity contribution < 1.29 is 9.59 Å². The Balaban J connectivity index is 1.94. The van der Waals surface area contributed by atoms with Crippen LogP contribution in [0.2, 0.25) is 0 Å². The molecule has 0 radical (unpaired) electrons. The van der Waals surface area contributed by atoms with Crippen LogP contribution in [0.3, 0.4) is 0 Å². The van der Waals surface area contributed by atoms with Gasteiger partial charge in [0.2, 0.25) is 0 Å². The minimum atomic E-state index is -0.663. The van der Waals surface area contributed by atoms with Gasteiger partial charge in [-0.2, -0.15) is 0 Å². The van der Waals surface area contributed by atoms with Gasteiger partial charge in [-0.25, -0.2) is 0 Å². The fraction of sp³-hybridized carbons (Fsp3) is 0.118. The van der Waals surface area contributed by atoms with E-state index < -0.39 is 11.7 Å². The molecule has 0 saturated heterocycles. The van der Waals surface area contributed by atoms with Crippen LogP contribution in [0.4, 0.5) is 5.69 Å². The Morgan fingerprint density at radius 3 is 2.22 bits per heavy atom. The van der Waals surface area contributed by atoms with Gasteiger partial charge in [-0.3, -0.25) is 14.6 Å². The molecule has 23 heavy (non-hydrogen) atoms. The van der Waals surface area contributed by atoms with Crippen molar-refractivity contribution in [2.24, 2.45) is 16.5 Å². The molecule has 2 rings (SSSR count). The zero-order valence-corrected chi connectivity index (χ0v) is 12.5. The second kappa shape index (κ2) is 7.74. The van der Waals surface area contributed by atoms with E-state index in [9.17, 15) is 9.59 Å². The highest BCUT2D eigenvalue weighted by Crippen LogP contribution is 2.11. The lowest BCUT2D eigenvalue weighted by molar-refractivity contribution is -0.112. The summed E-state index contributed by atoms with van der Waals surface area (Å²) in [7, 11) is 0. The first-order valence-corrected chi connectivity index (χ1v) is 7.11. The molecule has 0 bridgehead atoms. The van der Waals surface area contributed by atoms with Crippen molar-refractivity contribution in [2.45, 2.75) is 6.42 Å². The van der Waals surface area contributed by atoms with Gasteiger partial charge in [0.05, 0.1) is 0 Å². The molecule has 0 unspecified atom stereocenters. The van der Waals surface area contributed by atoms with E-state index in [-0.39, 0.29) is 5.96 Å². The average molecular weight is 310 g/mol. The number of rotatable bonds is 6. The molecule has 0 aliphatic rings. The lowest BCUT2D eigenvalue weighted by atomic mass is 10.1. The number of carbonyl (C=O) groups excluding carboxylic acids is 2. The van der Waals surface area contributed by atoms with Gasteiger partial charge in [-0.05, 0) is 24.1 Å². The summed E-state index contributed by atoms with van der Waals surface area (Å²) in [6.07, 6.45) is 0.690. The number of nitrogens with zero attached hydrogens (tertiary/aromatic N) is 1. The second-order valence-electron chi connectivity index (χ2n) is 4.90. The van der Waals surface area contributed by atoms with Gasteiger partial charge < -0.3 is 16.8 Å². The van der Waals surface area contributed by atoms with Gasteiger partial charge in [0.15, 0.2) is 5.96 Å². The molecule has 0 fully saturated rings. The maximum atomic E-state index is 12.0. The van der Waals surface area contributed by atoms with E-state index in [1.54, 1.807) is 42.5 Å². The zero-order valence-electron chi connectivity index (χ0n) is 12.5. The molecule has 6 heteroatoms. The number of ketones is 1. The van der Waals surface area contributed by atoms with Crippen molar-refractivity contribution in [1.82, 2.24) is 0 Å². The van der Waals surface area contributed by atoms with Crippen LogP contribution in [0.1, 0.15) is 15.9 Å². The highest BCUT2D eigenvalue weighted by molar-refractivity contribution is 6.46. The third-order valence-electron chi connectivity index (χ3n) is 3.15. The smallest absolute Gasteiger partial charge is 0.296 e. The summed E-state index contributed by atoms with van der Waals surface area (Å²) in [5, 5.41) is 2.59. The number of benzene rings is 2. The normalized spacial score (nSPS) is 9.91. The Hall–Kier alpha value is -3.15. The summed E-state index contributed by atoms with van der Waals surface area (Å²) < 4.78 is 0. The fourth-order valence-electron chi connectivity index (χ4n) is 1.98. The number of hydrogen-bond donors (Lipinski definition) is 3. The van der Waals surface area contributed by atoms with Crippen LogP contribution in [0.15, 0.2) is 59.6 Å². The number of nitrogens with one attached hydrogen (secondary N) is 1. The van der Waals surface area contributed by atoms with Crippen LogP contribution in [0, 0.1) is 0 Å². The van der Waals surface area contributed by atoms with Crippen LogP contribution >= 0.6 is 0 Å². The van der Waals surface area contributed by atoms with Crippen molar-refractivity contribution in [2.75, 3.05) is 11.9 Å². The molecule has 0 aromatic heterocycles. The second-order valence-corrected chi connectivity index (χ2v) is 4.90. The average Bonchev–Trinajstić information content (AvgIpc) is 2.56. The zero-order chi connectivity index (χ0) is 16.7. The summed E-state index contributed by atoms with van der Waals surface area (Å²) in [5.41, 5.74) is 12.5. The molecular formula is C17H18N4O2. The molecule has 0 saturated carbocycles. The summed E-state index contributed by atoms with van der Waals surface area (Å²) in [6, 6.07) is 15.6. The molecule has 0 aliphatic heterocycles. The molecule has 6 nitrogen and oxygen atoms in total. The van der Waals surface area contributed by atoms with Crippen LogP contribution in [0.5, 0.6) is 0 Å². The first kappa shape index (κ1) is 16.2. The van der Waals surface area contributed by atoms with E-state index in [1.807, 2.05) is 12.1 Å². The number of nitrogens with two attached hydrogens (primary N) is 2. The first-order chi connectivity index (χ1) is 11.1. The molecule has 2 aromatic carbocycles. The molecular weight excluding hydrogens is 292 g/mol. The molecule has 0 atom stereocenters. The SMILES string of the molecule is NC(N)=NCCc1ccc(NC(=O)C(=O)c2ccccc2)cc1. The number of guanidine groups is 1. The molecule has 2 aromatic rings. The summed E-state index contributed by atoms with van der Waals surface area (Å²) in [4.78, 5) is 27.8. The van der Waals surface area contributed by atoms with Crippen molar-refractivity contribution in [3.63, 3.8) is 0 Å². The van der Waals surface area contributed by atoms with Crippen molar-refractivity contribution in [3.05, 3.63) is 65.7 Å². The molecule has 0 spiro atoms. The Morgan fingerprint density at radius 2 is 1.61 bits per heavy atom. The number of amides is 1. The standard InChI is InChI=1S/C17H18N4O2/c18-17(19)20-11-10-12-6-8-14(9-7-12)21-16(23)15(22)13-4-2-1-3-5-13/h1-9H,10-11H2,(H,21,23)(H4,18,19,20). The molecule has 1 amide bonds. The van der Waals surface area contributed by atoms with Gasteiger partial charge in [-0.1, -0.05) is 42.5 Å². The minimum Gasteiger partial charge on any atom is -0.370 e. The highest BCUT2D eigenvalue weighted by Gasteiger charge is 2.15. The van der Waals surface area contributed by atoms with Crippen molar-refractivity contribution in [1.29, 1.82) is 0 Å². The number of Topliss-reactive ketones (excluding diaryl/α,β-unsaturated/α-hetero) is 1. The molecule has 0 heterocycles. The number of anilines is 1. The Labute approximate surface area is 134 Å². The number of aliphatic imine (C=N–C) groups is 1. The quantitative estimate of drug-likeness (QED) is 0.323. The lowest BCUT2D eigenvalue weighted by Crippen LogP contribution is -2.23. The molecule has 0 aliphatic carbocycles. The Morgan fingerprint density at radius 1 is 0.957 bits per heavy atom. The van der Waals surface area contributed by atoms with Crippen molar-refractivity contribution >= 4 is 23.3 Å². The largest absolute Gasteiger partial charge is 0.370 e. The maximum Gasteiger partial charge on any atom is 0.296 e. The first-order valence-electron chi connectivity index (χ1n) is 7.11. The summed E-state index contributed by atoms with van der Waals surface area (Å²) >= 11 is 0. The van der Waals surface area contributed by atoms with Crippen LogP contribution < -0.4 is 16.8 Å². The Bertz CT molecular complexity index is 705. The van der Waals surface area contributed by atoms with E-state index in [0.29, 0.717) is 24.2 Å². The van der Waals surface area contributed by atoms with E-state index in [1.165, 1.54) is 0 Å². The fourth-order valence-corrected chi connectivity index (χ4v) is 1.98. The number of hydrogen-bond acceptors (Lipinski definition) is 3. The maximum absolute atomic E-state index is 12.0. The van der Waals surface area contributed by atoms with E-state index in [4.69, 9.17) is 11.5 Å². The van der Waals surface area contributed by atoms with Gasteiger partial charge in [0.1, 0.15) is 0 Å². The van der Waals surface area contributed by atoms with Crippen molar-refractivity contribution in [3.8, 4) is 0 Å². The summed E-state index contributed by atoms with van der Waals surface area (Å²) in [5.74, 6) is -1.17. The summed E-state index contributed by atoms with van der Waals surface area (Å²) in [6.45, 7) is 0.501. The van der Waals surface area contributed by atoms with Gasteiger partial charge in [0, 0.05) is 17.8 Å². The third-order valence-corrected chi connectivity index (χ3v) is 3.15. The van der Waals surface area contributed by atoms with E-state index >= 15 is 0 Å². The third kappa shape index (κ3) is 4.96. The van der Waals surface area contributed by atoms with E-state index in [0.717, 1.165) is 5.56 Å². The van der Waals surface area contributed by atoms with Crippen LogP contribution in [-0.2, 0) is 11.2 Å². The lowest BCUT2D eigenvalue weighted by Gasteiger charge is -2.06. The van der Waals surface area contributed by atoms with E-state index in [2.05, 4.69) is 10.3 Å². The molecule has 5 N–H and O–H groups in total. The van der Waals surface area contributed by atoms with Crippen LogP contribution in [0.25, 0.3) is 0 Å². The highest BCUT2D eigenvalue weighted by atomic mass is 16.2. The monoisotopic (exact) mass is 310 g/mol. The van der Waals surface area contributed by atoms with Crippen LogP contribution in [-0.4, -0.2) is 24.2 Å².